The lowest BCUT2D eigenvalue weighted by molar-refractivity contribution is -0.122. The SMILES string of the molecule is C=C(C)CN1NC2C(=O)N(c3ccc(OCC)cc3)C=CN2C1=O. The fourth-order valence-corrected chi connectivity index (χ4v) is 2.65. The summed E-state index contributed by atoms with van der Waals surface area (Å²) in [5.41, 5.74) is 4.48. The summed E-state index contributed by atoms with van der Waals surface area (Å²) in [6.07, 6.45) is 2.46. The first kappa shape index (κ1) is 16.1. The van der Waals surface area contributed by atoms with Crippen LogP contribution >= 0.6 is 0 Å². The molecule has 3 amide bonds. The van der Waals surface area contributed by atoms with Gasteiger partial charge in [0.05, 0.1) is 13.2 Å². The van der Waals surface area contributed by atoms with E-state index < -0.39 is 6.17 Å². The third-order valence-corrected chi connectivity index (χ3v) is 3.71. The Morgan fingerprint density at radius 1 is 1.25 bits per heavy atom. The van der Waals surface area contributed by atoms with E-state index in [1.54, 1.807) is 12.4 Å². The largest absolute Gasteiger partial charge is 0.494 e. The molecule has 1 fully saturated rings. The van der Waals surface area contributed by atoms with Crippen molar-refractivity contribution >= 4 is 17.6 Å². The molecule has 0 spiro atoms. The van der Waals surface area contributed by atoms with Crippen molar-refractivity contribution in [3.05, 3.63) is 48.8 Å². The Morgan fingerprint density at radius 3 is 2.58 bits per heavy atom. The van der Waals surface area contributed by atoms with Gasteiger partial charge in [-0.1, -0.05) is 12.2 Å². The quantitative estimate of drug-likeness (QED) is 0.840. The van der Waals surface area contributed by atoms with Crippen LogP contribution < -0.4 is 15.1 Å². The number of fused-ring (bicyclic) bond motifs is 1. The summed E-state index contributed by atoms with van der Waals surface area (Å²) in [7, 11) is 0. The highest BCUT2D eigenvalue weighted by atomic mass is 16.5. The maximum absolute atomic E-state index is 12.7. The lowest BCUT2D eigenvalue weighted by Crippen LogP contribution is -2.51. The highest BCUT2D eigenvalue weighted by Crippen LogP contribution is 2.26. The number of ether oxygens (including phenoxy) is 1. The van der Waals surface area contributed by atoms with Gasteiger partial charge in [0.25, 0.3) is 5.91 Å². The van der Waals surface area contributed by atoms with Crippen molar-refractivity contribution in [2.75, 3.05) is 18.1 Å². The average Bonchev–Trinajstić information content (AvgIpc) is 2.86. The molecule has 0 saturated carbocycles. The summed E-state index contributed by atoms with van der Waals surface area (Å²) in [5, 5.41) is 1.40. The number of urea groups is 1. The Hall–Kier alpha value is -2.80. The van der Waals surface area contributed by atoms with Crippen molar-refractivity contribution in [2.45, 2.75) is 20.0 Å². The number of carbonyl (C=O) groups excluding carboxylic acids is 2. The Morgan fingerprint density at radius 2 is 1.96 bits per heavy atom. The zero-order valence-electron chi connectivity index (χ0n) is 13.7. The van der Waals surface area contributed by atoms with Gasteiger partial charge in [0, 0.05) is 18.1 Å². The van der Waals surface area contributed by atoms with Gasteiger partial charge in [-0.3, -0.25) is 19.6 Å². The minimum absolute atomic E-state index is 0.223. The van der Waals surface area contributed by atoms with Crippen LogP contribution in [0.15, 0.2) is 48.8 Å². The van der Waals surface area contributed by atoms with Gasteiger partial charge in [-0.25, -0.2) is 4.79 Å². The summed E-state index contributed by atoms with van der Waals surface area (Å²) >= 11 is 0. The fraction of sp³-hybridized carbons (Fsp3) is 0.294. The van der Waals surface area contributed by atoms with Crippen molar-refractivity contribution < 1.29 is 14.3 Å². The van der Waals surface area contributed by atoms with Crippen molar-refractivity contribution in [1.29, 1.82) is 0 Å². The van der Waals surface area contributed by atoms with E-state index in [2.05, 4.69) is 12.0 Å². The third kappa shape index (κ3) is 2.85. The van der Waals surface area contributed by atoms with Crippen molar-refractivity contribution in [2.24, 2.45) is 0 Å². The normalized spacial score (nSPS) is 19.8. The van der Waals surface area contributed by atoms with Gasteiger partial charge >= 0.3 is 6.03 Å². The molecule has 1 aromatic rings. The zero-order chi connectivity index (χ0) is 17.3. The molecule has 24 heavy (non-hydrogen) atoms. The van der Waals surface area contributed by atoms with Gasteiger partial charge in [0.2, 0.25) is 0 Å². The monoisotopic (exact) mass is 328 g/mol. The van der Waals surface area contributed by atoms with Crippen LogP contribution in [0.25, 0.3) is 0 Å². The minimum Gasteiger partial charge on any atom is -0.494 e. The maximum Gasteiger partial charge on any atom is 0.340 e. The fourth-order valence-electron chi connectivity index (χ4n) is 2.65. The summed E-state index contributed by atoms with van der Waals surface area (Å²) in [4.78, 5) is 27.9. The van der Waals surface area contributed by atoms with Crippen molar-refractivity contribution in [3.63, 3.8) is 0 Å². The molecule has 0 aromatic heterocycles. The number of benzene rings is 1. The molecular weight excluding hydrogens is 308 g/mol. The molecule has 2 heterocycles. The highest BCUT2D eigenvalue weighted by molar-refractivity contribution is 6.03. The number of carbonyl (C=O) groups is 2. The van der Waals surface area contributed by atoms with Crippen LogP contribution in [0.4, 0.5) is 10.5 Å². The van der Waals surface area contributed by atoms with Gasteiger partial charge < -0.3 is 4.74 Å². The number of anilines is 1. The van der Waals surface area contributed by atoms with E-state index in [4.69, 9.17) is 4.74 Å². The molecule has 2 aliphatic rings. The van der Waals surface area contributed by atoms with Gasteiger partial charge in [-0.2, -0.15) is 5.43 Å². The summed E-state index contributed by atoms with van der Waals surface area (Å²) in [6.45, 7) is 8.49. The van der Waals surface area contributed by atoms with E-state index in [9.17, 15) is 9.59 Å². The molecule has 1 unspecified atom stereocenters. The van der Waals surface area contributed by atoms with E-state index in [-0.39, 0.29) is 11.9 Å². The summed E-state index contributed by atoms with van der Waals surface area (Å²) in [5.74, 6) is 0.525. The van der Waals surface area contributed by atoms with Crippen LogP contribution in [0, 0.1) is 0 Å². The Kier molecular flexibility index (Phi) is 4.26. The highest BCUT2D eigenvalue weighted by Gasteiger charge is 2.44. The number of nitrogens with zero attached hydrogens (tertiary/aromatic N) is 3. The lowest BCUT2D eigenvalue weighted by Gasteiger charge is -2.29. The predicted molar refractivity (Wildman–Crippen MR) is 89.9 cm³/mol. The predicted octanol–water partition coefficient (Wildman–Crippen LogP) is 2.05. The number of amides is 3. The van der Waals surface area contributed by atoms with Crippen molar-refractivity contribution in [1.82, 2.24) is 15.3 Å². The van der Waals surface area contributed by atoms with Crippen molar-refractivity contribution in [3.8, 4) is 5.75 Å². The van der Waals surface area contributed by atoms with Gasteiger partial charge in [-0.15, -0.1) is 0 Å². The Bertz CT molecular complexity index is 698. The van der Waals surface area contributed by atoms with Crippen LogP contribution in [0.5, 0.6) is 5.75 Å². The number of hydrogen-bond donors (Lipinski definition) is 1. The van der Waals surface area contributed by atoms with Gasteiger partial charge in [0.1, 0.15) is 5.75 Å². The molecule has 0 bridgehead atoms. The smallest absolute Gasteiger partial charge is 0.340 e. The molecule has 7 heteroatoms. The van der Waals surface area contributed by atoms with E-state index in [0.717, 1.165) is 11.3 Å². The van der Waals surface area contributed by atoms with Crippen LogP contribution in [0.1, 0.15) is 13.8 Å². The Labute approximate surface area is 140 Å². The van der Waals surface area contributed by atoms with Crippen LogP contribution in [0.2, 0.25) is 0 Å². The molecule has 126 valence electrons. The van der Waals surface area contributed by atoms with E-state index in [1.165, 1.54) is 14.8 Å². The minimum atomic E-state index is -0.742. The molecule has 3 rings (SSSR count). The molecule has 1 atom stereocenters. The Balaban J connectivity index is 1.79. The summed E-state index contributed by atoms with van der Waals surface area (Å²) < 4.78 is 5.41. The third-order valence-electron chi connectivity index (χ3n) is 3.71. The molecule has 0 radical (unpaired) electrons. The average molecular weight is 328 g/mol. The van der Waals surface area contributed by atoms with E-state index in [1.807, 2.05) is 38.1 Å². The van der Waals surface area contributed by atoms with E-state index >= 15 is 0 Å². The van der Waals surface area contributed by atoms with Crippen LogP contribution in [-0.2, 0) is 4.79 Å². The molecule has 7 nitrogen and oxygen atoms in total. The van der Waals surface area contributed by atoms with Crippen LogP contribution in [0.3, 0.4) is 0 Å². The first-order valence-electron chi connectivity index (χ1n) is 7.76. The lowest BCUT2D eigenvalue weighted by atomic mass is 10.2. The zero-order valence-corrected chi connectivity index (χ0v) is 13.7. The molecule has 0 aliphatic carbocycles. The second kappa shape index (κ2) is 6.37. The van der Waals surface area contributed by atoms with Gasteiger partial charge in [0.15, 0.2) is 6.17 Å². The topological polar surface area (TPSA) is 65.1 Å². The van der Waals surface area contributed by atoms with Gasteiger partial charge in [-0.05, 0) is 38.1 Å². The number of hydrazine groups is 1. The standard InChI is InChI=1S/C17H20N4O3/c1-4-24-14-7-5-13(6-8-14)19-9-10-20-15(16(19)22)18-21(17(20)23)11-12(2)3/h5-10,15,18H,2,4,11H2,1,3H3. The molecule has 1 saturated heterocycles. The first-order valence-corrected chi connectivity index (χ1v) is 7.76. The second-order valence-corrected chi connectivity index (χ2v) is 5.70. The molecular formula is C17H20N4O3. The second-order valence-electron chi connectivity index (χ2n) is 5.70. The number of rotatable bonds is 5. The van der Waals surface area contributed by atoms with E-state index in [0.29, 0.717) is 18.8 Å². The number of nitrogens with one attached hydrogen (secondary N) is 1. The first-order chi connectivity index (χ1) is 11.5. The molecule has 1 N–H and O–H groups in total. The summed E-state index contributed by atoms with van der Waals surface area (Å²) in [6, 6.07) is 6.98. The molecule has 2 aliphatic heterocycles. The molecule has 1 aromatic carbocycles. The van der Waals surface area contributed by atoms with Crippen LogP contribution in [-0.4, -0.2) is 41.2 Å². The number of hydrogen-bond acceptors (Lipinski definition) is 4. The maximum atomic E-state index is 12.7.